The summed E-state index contributed by atoms with van der Waals surface area (Å²) in [6, 6.07) is 6.33. The summed E-state index contributed by atoms with van der Waals surface area (Å²) in [5.41, 5.74) is 2.06. The van der Waals surface area contributed by atoms with Gasteiger partial charge in [0.1, 0.15) is 18.2 Å². The van der Waals surface area contributed by atoms with Crippen LogP contribution in [0.3, 0.4) is 0 Å². The monoisotopic (exact) mass is 260 g/mol. The van der Waals surface area contributed by atoms with E-state index in [2.05, 4.69) is 32.6 Å². The molecule has 0 spiro atoms. The predicted octanol–water partition coefficient (Wildman–Crippen LogP) is 5.16. The minimum absolute atomic E-state index is 0.233. The lowest BCUT2D eigenvalue weighted by Crippen LogP contribution is -1.95. The molecule has 1 aromatic rings. The van der Waals surface area contributed by atoms with Crippen LogP contribution in [0.1, 0.15) is 32.3 Å². The fourth-order valence-electron chi connectivity index (χ4n) is 1.66. The Kier molecular flexibility index (Phi) is 6.65. The van der Waals surface area contributed by atoms with E-state index in [1.165, 1.54) is 12.1 Å². The highest BCUT2D eigenvalue weighted by molar-refractivity contribution is 5.28. The summed E-state index contributed by atoms with van der Waals surface area (Å²) in [6.45, 7) is 8.39. The van der Waals surface area contributed by atoms with E-state index in [1.807, 2.05) is 0 Å². The molecular weight excluding hydrogens is 239 g/mol. The van der Waals surface area contributed by atoms with Crippen LogP contribution in [0.15, 0.2) is 60.4 Å². The van der Waals surface area contributed by atoms with Gasteiger partial charge in [-0.2, -0.15) is 0 Å². The van der Waals surface area contributed by atoms with Gasteiger partial charge in [-0.15, -0.1) is 0 Å². The van der Waals surface area contributed by atoms with Crippen molar-refractivity contribution in [2.75, 3.05) is 0 Å². The van der Waals surface area contributed by atoms with Gasteiger partial charge in [-0.3, -0.25) is 0 Å². The Balaban J connectivity index is 2.75. The van der Waals surface area contributed by atoms with Gasteiger partial charge in [0.05, 0.1) is 0 Å². The van der Waals surface area contributed by atoms with Gasteiger partial charge in [0.25, 0.3) is 0 Å². The van der Waals surface area contributed by atoms with E-state index in [0.29, 0.717) is 6.61 Å². The highest BCUT2D eigenvalue weighted by atomic mass is 19.1. The number of rotatable bonds is 7. The van der Waals surface area contributed by atoms with E-state index in [9.17, 15) is 4.39 Å². The summed E-state index contributed by atoms with van der Waals surface area (Å²) in [6.07, 6.45) is 7.78. The van der Waals surface area contributed by atoms with Crippen LogP contribution in [-0.2, 0) is 11.3 Å². The second-order valence-electron chi connectivity index (χ2n) is 4.17. The molecule has 102 valence electrons. The largest absolute Gasteiger partial charge is 0.489 e. The summed E-state index contributed by atoms with van der Waals surface area (Å²) in [7, 11) is 0. The molecule has 1 nitrogen and oxygen atoms in total. The first-order chi connectivity index (χ1) is 9.21. The fraction of sp³-hybridized carbons (Fsp3) is 0.294. The molecule has 1 aromatic carbocycles. The SMILES string of the molecule is C=C/C(OCc1ccc(F)cc1)=C(\C=C/CC)CC. The van der Waals surface area contributed by atoms with Gasteiger partial charge in [0.15, 0.2) is 0 Å². The van der Waals surface area contributed by atoms with Crippen LogP contribution in [0, 0.1) is 5.82 Å². The molecule has 0 atom stereocenters. The first kappa shape index (κ1) is 15.2. The Morgan fingerprint density at radius 2 is 1.95 bits per heavy atom. The summed E-state index contributed by atoms with van der Waals surface area (Å²) in [5, 5.41) is 0. The molecule has 0 aliphatic rings. The first-order valence-electron chi connectivity index (χ1n) is 6.60. The van der Waals surface area contributed by atoms with E-state index in [1.54, 1.807) is 18.2 Å². The highest BCUT2D eigenvalue weighted by Gasteiger charge is 2.01. The third kappa shape index (κ3) is 5.12. The van der Waals surface area contributed by atoms with Crippen LogP contribution in [-0.4, -0.2) is 0 Å². The molecule has 0 aliphatic carbocycles. The third-order valence-corrected chi connectivity index (χ3v) is 2.75. The lowest BCUT2D eigenvalue weighted by atomic mass is 10.1. The van der Waals surface area contributed by atoms with Gasteiger partial charge >= 0.3 is 0 Å². The molecule has 0 aromatic heterocycles. The van der Waals surface area contributed by atoms with Crippen LogP contribution in [0.5, 0.6) is 0 Å². The molecular formula is C17H21FO. The van der Waals surface area contributed by atoms with E-state index in [4.69, 9.17) is 4.74 Å². The molecule has 1 rings (SSSR count). The van der Waals surface area contributed by atoms with Crippen molar-refractivity contribution in [3.05, 3.63) is 71.8 Å². The van der Waals surface area contributed by atoms with Gasteiger partial charge < -0.3 is 4.74 Å². The number of ether oxygens (including phenoxy) is 1. The zero-order valence-corrected chi connectivity index (χ0v) is 11.7. The average molecular weight is 260 g/mol. The average Bonchev–Trinajstić information content (AvgIpc) is 2.44. The molecule has 0 fully saturated rings. The number of allylic oxidation sites excluding steroid dienone is 4. The maximum atomic E-state index is 12.8. The Morgan fingerprint density at radius 3 is 2.47 bits per heavy atom. The van der Waals surface area contributed by atoms with Gasteiger partial charge in [0, 0.05) is 0 Å². The molecule has 0 saturated carbocycles. The Bertz CT molecular complexity index is 455. The molecule has 19 heavy (non-hydrogen) atoms. The molecule has 2 heteroatoms. The molecule has 0 bridgehead atoms. The van der Waals surface area contributed by atoms with E-state index >= 15 is 0 Å². The highest BCUT2D eigenvalue weighted by Crippen LogP contribution is 2.16. The number of hydrogen-bond donors (Lipinski definition) is 0. The second-order valence-corrected chi connectivity index (χ2v) is 4.17. The smallest absolute Gasteiger partial charge is 0.123 e. The van der Waals surface area contributed by atoms with Crippen LogP contribution in [0.2, 0.25) is 0 Å². The minimum atomic E-state index is -0.233. The molecule has 0 heterocycles. The Hall–Kier alpha value is -1.83. The zero-order chi connectivity index (χ0) is 14.1. The standard InChI is InChI=1S/C17H21FO/c1-4-7-8-15(5-2)17(6-3)19-13-14-9-11-16(18)12-10-14/h6-12H,3-5,13H2,1-2H3/b8-7-,17-15+. The quantitative estimate of drug-likeness (QED) is 0.486. The predicted molar refractivity (Wildman–Crippen MR) is 78.1 cm³/mol. The first-order valence-corrected chi connectivity index (χ1v) is 6.60. The third-order valence-electron chi connectivity index (χ3n) is 2.75. The van der Waals surface area contributed by atoms with Crippen molar-refractivity contribution in [2.45, 2.75) is 33.3 Å². The summed E-state index contributed by atoms with van der Waals surface area (Å²) in [4.78, 5) is 0. The van der Waals surface area contributed by atoms with Gasteiger partial charge in [-0.25, -0.2) is 4.39 Å². The van der Waals surface area contributed by atoms with Crippen LogP contribution in [0.25, 0.3) is 0 Å². The van der Waals surface area contributed by atoms with Gasteiger partial charge in [-0.05, 0) is 42.2 Å². The zero-order valence-electron chi connectivity index (χ0n) is 11.7. The normalized spacial score (nSPS) is 12.4. The summed E-state index contributed by atoms with van der Waals surface area (Å²) in [5.74, 6) is 0.555. The van der Waals surface area contributed by atoms with E-state index in [-0.39, 0.29) is 5.82 Å². The summed E-state index contributed by atoms with van der Waals surface area (Å²) >= 11 is 0. The van der Waals surface area contributed by atoms with Crippen LogP contribution < -0.4 is 0 Å². The maximum absolute atomic E-state index is 12.8. The Labute approximate surface area is 115 Å². The lowest BCUT2D eigenvalue weighted by molar-refractivity contribution is 0.208. The number of halogens is 1. The fourth-order valence-corrected chi connectivity index (χ4v) is 1.66. The molecule has 0 amide bonds. The van der Waals surface area contributed by atoms with Crippen molar-refractivity contribution in [2.24, 2.45) is 0 Å². The molecule has 0 radical (unpaired) electrons. The summed E-state index contributed by atoms with van der Waals surface area (Å²) < 4.78 is 18.6. The number of benzene rings is 1. The van der Waals surface area contributed by atoms with Crippen molar-refractivity contribution in [3.8, 4) is 0 Å². The molecule has 0 N–H and O–H groups in total. The molecule has 0 aliphatic heterocycles. The molecule has 0 saturated heterocycles. The second kappa shape index (κ2) is 8.30. The van der Waals surface area contributed by atoms with Crippen LogP contribution >= 0.6 is 0 Å². The van der Waals surface area contributed by atoms with Crippen LogP contribution in [0.4, 0.5) is 4.39 Å². The minimum Gasteiger partial charge on any atom is -0.489 e. The topological polar surface area (TPSA) is 9.23 Å². The number of hydrogen-bond acceptors (Lipinski definition) is 1. The molecule has 0 unspecified atom stereocenters. The Morgan fingerprint density at radius 1 is 1.26 bits per heavy atom. The van der Waals surface area contributed by atoms with Gasteiger partial charge in [0.2, 0.25) is 0 Å². The van der Waals surface area contributed by atoms with E-state index in [0.717, 1.165) is 29.7 Å². The van der Waals surface area contributed by atoms with Crippen molar-refractivity contribution < 1.29 is 9.13 Å². The van der Waals surface area contributed by atoms with Crippen molar-refractivity contribution in [3.63, 3.8) is 0 Å². The van der Waals surface area contributed by atoms with Crippen molar-refractivity contribution >= 4 is 0 Å². The van der Waals surface area contributed by atoms with Gasteiger partial charge in [-0.1, -0.05) is 44.7 Å². The van der Waals surface area contributed by atoms with Crippen molar-refractivity contribution in [1.82, 2.24) is 0 Å². The van der Waals surface area contributed by atoms with Crippen molar-refractivity contribution in [1.29, 1.82) is 0 Å². The maximum Gasteiger partial charge on any atom is 0.123 e. The van der Waals surface area contributed by atoms with E-state index < -0.39 is 0 Å². The lowest BCUT2D eigenvalue weighted by Gasteiger charge is -2.10.